The van der Waals surface area contributed by atoms with Crippen LogP contribution in [0.1, 0.15) is 23.0 Å². The molecule has 0 amide bonds. The van der Waals surface area contributed by atoms with E-state index in [1.54, 1.807) is 0 Å². The molecule has 3 nitrogen and oxygen atoms in total. The van der Waals surface area contributed by atoms with Crippen molar-refractivity contribution in [1.29, 1.82) is 0 Å². The van der Waals surface area contributed by atoms with Gasteiger partial charge in [-0.3, -0.25) is 4.79 Å². The number of halogens is 3. The highest BCUT2D eigenvalue weighted by Crippen LogP contribution is 2.30. The van der Waals surface area contributed by atoms with E-state index in [0.29, 0.717) is 11.3 Å². The van der Waals surface area contributed by atoms with Gasteiger partial charge in [-0.1, -0.05) is 12.1 Å². The van der Waals surface area contributed by atoms with Gasteiger partial charge in [-0.15, -0.1) is 0 Å². The maximum Gasteiger partial charge on any atom is 0.416 e. The molecule has 1 aromatic heterocycles. The van der Waals surface area contributed by atoms with Gasteiger partial charge in [-0.25, -0.2) is 9.97 Å². The van der Waals surface area contributed by atoms with Crippen LogP contribution in [-0.4, -0.2) is 15.8 Å². The van der Waals surface area contributed by atoms with Gasteiger partial charge in [0, 0.05) is 12.5 Å². The van der Waals surface area contributed by atoms with Crippen LogP contribution in [0.4, 0.5) is 13.2 Å². The normalized spacial score (nSPS) is 11.4. The van der Waals surface area contributed by atoms with Crippen molar-refractivity contribution in [3.05, 3.63) is 47.9 Å². The molecule has 0 aliphatic carbocycles. The Bertz CT molecular complexity index is 606. The van der Waals surface area contributed by atoms with E-state index in [1.807, 2.05) is 0 Å². The van der Waals surface area contributed by atoms with E-state index in [2.05, 4.69) is 9.97 Å². The number of nitrogens with zero attached hydrogens (tertiary/aromatic N) is 2. The molecule has 0 aliphatic heterocycles. The first-order valence-corrected chi connectivity index (χ1v) is 5.38. The fraction of sp³-hybridized carbons (Fsp3) is 0.154. The average Bonchev–Trinajstić information content (AvgIpc) is 2.38. The fourth-order valence-corrected chi connectivity index (χ4v) is 1.54. The summed E-state index contributed by atoms with van der Waals surface area (Å²) >= 11 is 0. The van der Waals surface area contributed by atoms with E-state index >= 15 is 0 Å². The van der Waals surface area contributed by atoms with Gasteiger partial charge in [0.15, 0.2) is 5.78 Å². The fourth-order valence-electron chi connectivity index (χ4n) is 1.54. The molecule has 1 heterocycles. The highest BCUT2D eigenvalue weighted by Gasteiger charge is 2.30. The van der Waals surface area contributed by atoms with Crippen LogP contribution in [-0.2, 0) is 6.18 Å². The second-order valence-corrected chi connectivity index (χ2v) is 3.92. The van der Waals surface area contributed by atoms with E-state index in [4.69, 9.17) is 0 Å². The maximum absolute atomic E-state index is 12.4. The Morgan fingerprint density at radius 3 is 2.26 bits per heavy atom. The minimum absolute atomic E-state index is 0.226. The van der Waals surface area contributed by atoms with E-state index in [1.165, 1.54) is 31.5 Å². The third-order valence-corrected chi connectivity index (χ3v) is 2.54. The highest BCUT2D eigenvalue weighted by molar-refractivity contribution is 5.92. The Kier molecular flexibility index (Phi) is 3.33. The summed E-state index contributed by atoms with van der Waals surface area (Å²) in [7, 11) is 0. The predicted molar refractivity (Wildman–Crippen MR) is 62.5 cm³/mol. The Labute approximate surface area is 107 Å². The van der Waals surface area contributed by atoms with E-state index in [9.17, 15) is 18.0 Å². The van der Waals surface area contributed by atoms with Crippen molar-refractivity contribution in [2.75, 3.05) is 0 Å². The summed E-state index contributed by atoms with van der Waals surface area (Å²) in [4.78, 5) is 18.9. The molecule has 2 aromatic rings. The van der Waals surface area contributed by atoms with Gasteiger partial charge < -0.3 is 0 Å². The maximum atomic E-state index is 12.4. The highest BCUT2D eigenvalue weighted by atomic mass is 19.4. The van der Waals surface area contributed by atoms with Crippen molar-refractivity contribution in [2.24, 2.45) is 0 Å². The van der Waals surface area contributed by atoms with Crippen LogP contribution in [0.5, 0.6) is 0 Å². The molecule has 0 saturated carbocycles. The summed E-state index contributed by atoms with van der Waals surface area (Å²) in [6.45, 7) is 1.36. The molecule has 6 heteroatoms. The van der Waals surface area contributed by atoms with Gasteiger partial charge in [-0.05, 0) is 18.2 Å². The van der Waals surface area contributed by atoms with E-state index in [-0.39, 0.29) is 11.5 Å². The lowest BCUT2D eigenvalue weighted by Crippen LogP contribution is -2.04. The molecule has 19 heavy (non-hydrogen) atoms. The Morgan fingerprint density at radius 1 is 1.11 bits per heavy atom. The van der Waals surface area contributed by atoms with Crippen LogP contribution in [0.25, 0.3) is 11.3 Å². The molecule has 1 aromatic carbocycles. The number of hydrogen-bond acceptors (Lipinski definition) is 3. The first-order chi connectivity index (χ1) is 8.88. The molecule has 0 spiro atoms. The van der Waals surface area contributed by atoms with Crippen molar-refractivity contribution in [3.63, 3.8) is 0 Å². The van der Waals surface area contributed by atoms with Gasteiger partial charge >= 0.3 is 6.18 Å². The lowest BCUT2D eigenvalue weighted by Gasteiger charge is -2.07. The summed E-state index contributed by atoms with van der Waals surface area (Å²) in [5.74, 6) is -0.226. The minimum Gasteiger partial charge on any atom is -0.293 e. The number of carbonyl (C=O) groups excluding carboxylic acids is 1. The molecule has 0 saturated heterocycles. The zero-order chi connectivity index (χ0) is 14.0. The number of rotatable bonds is 2. The van der Waals surface area contributed by atoms with Gasteiger partial charge in [0.1, 0.15) is 12.0 Å². The Hall–Kier alpha value is -2.24. The minimum atomic E-state index is -4.37. The summed E-state index contributed by atoms with van der Waals surface area (Å²) in [5.41, 5.74) is 0.411. The molecule has 0 fully saturated rings. The molecule has 2 rings (SSSR count). The number of ketones is 1. The summed E-state index contributed by atoms with van der Waals surface area (Å²) < 4.78 is 37.3. The molecule has 0 unspecified atom stereocenters. The van der Waals surface area contributed by atoms with Crippen molar-refractivity contribution in [1.82, 2.24) is 9.97 Å². The molecule has 0 radical (unpaired) electrons. The van der Waals surface area contributed by atoms with Gasteiger partial charge in [0.25, 0.3) is 0 Å². The summed E-state index contributed by atoms with van der Waals surface area (Å²) in [5, 5.41) is 0. The number of Topliss-reactive ketones (excluding diaryl/α,β-unsaturated/α-hetero) is 1. The first kappa shape index (κ1) is 13.2. The molecule has 0 N–H and O–H groups in total. The average molecular weight is 266 g/mol. The quantitative estimate of drug-likeness (QED) is 0.783. The van der Waals surface area contributed by atoms with Gasteiger partial charge in [-0.2, -0.15) is 13.2 Å². The zero-order valence-corrected chi connectivity index (χ0v) is 9.90. The lowest BCUT2D eigenvalue weighted by molar-refractivity contribution is -0.137. The number of benzene rings is 1. The van der Waals surface area contributed by atoms with Crippen LogP contribution in [0, 0.1) is 0 Å². The Morgan fingerprint density at radius 2 is 1.74 bits per heavy atom. The van der Waals surface area contributed by atoms with Crippen molar-refractivity contribution >= 4 is 5.78 Å². The lowest BCUT2D eigenvalue weighted by atomic mass is 10.1. The smallest absolute Gasteiger partial charge is 0.293 e. The number of aromatic nitrogens is 2. The van der Waals surface area contributed by atoms with E-state index in [0.717, 1.165) is 12.1 Å². The molecular formula is C13H9F3N2O. The predicted octanol–water partition coefficient (Wildman–Crippen LogP) is 3.37. The first-order valence-electron chi connectivity index (χ1n) is 5.38. The van der Waals surface area contributed by atoms with Crippen LogP contribution >= 0.6 is 0 Å². The molecular weight excluding hydrogens is 257 g/mol. The molecule has 0 bridgehead atoms. The van der Waals surface area contributed by atoms with Gasteiger partial charge in [0.2, 0.25) is 0 Å². The standard InChI is InChI=1S/C13H9F3N2O/c1-8(19)11-6-12(18-7-17-11)9-2-4-10(5-3-9)13(14,15)16/h2-7H,1H3. The second-order valence-electron chi connectivity index (χ2n) is 3.92. The van der Waals surface area contributed by atoms with Crippen LogP contribution in [0.3, 0.4) is 0 Å². The Balaban J connectivity index is 2.37. The van der Waals surface area contributed by atoms with Crippen molar-refractivity contribution < 1.29 is 18.0 Å². The molecule has 98 valence electrons. The number of hydrogen-bond donors (Lipinski definition) is 0. The monoisotopic (exact) mass is 266 g/mol. The number of carbonyl (C=O) groups is 1. The number of alkyl halides is 3. The molecule has 0 aliphatic rings. The second kappa shape index (κ2) is 4.79. The summed E-state index contributed by atoms with van der Waals surface area (Å²) in [6.07, 6.45) is -3.15. The third-order valence-electron chi connectivity index (χ3n) is 2.54. The van der Waals surface area contributed by atoms with Gasteiger partial charge in [0.05, 0.1) is 11.3 Å². The largest absolute Gasteiger partial charge is 0.416 e. The van der Waals surface area contributed by atoms with E-state index < -0.39 is 11.7 Å². The van der Waals surface area contributed by atoms with Crippen molar-refractivity contribution in [3.8, 4) is 11.3 Å². The van der Waals surface area contributed by atoms with Crippen LogP contribution in [0.15, 0.2) is 36.7 Å². The third kappa shape index (κ3) is 2.96. The molecule has 0 atom stereocenters. The van der Waals surface area contributed by atoms with Crippen molar-refractivity contribution in [2.45, 2.75) is 13.1 Å². The van der Waals surface area contributed by atoms with Crippen LogP contribution in [0.2, 0.25) is 0 Å². The SMILES string of the molecule is CC(=O)c1cc(-c2ccc(C(F)(F)F)cc2)ncn1. The summed E-state index contributed by atoms with van der Waals surface area (Å²) in [6, 6.07) is 6.03. The topological polar surface area (TPSA) is 42.9 Å². The zero-order valence-electron chi connectivity index (χ0n) is 9.90. The van der Waals surface area contributed by atoms with Crippen LogP contribution < -0.4 is 0 Å².